The maximum Gasteiger partial charge on any atom is 0.254 e. The van der Waals surface area contributed by atoms with E-state index in [0.717, 1.165) is 27.9 Å². The van der Waals surface area contributed by atoms with E-state index in [1.807, 2.05) is 56.3 Å². The molecule has 23 heavy (non-hydrogen) atoms. The van der Waals surface area contributed by atoms with Crippen molar-refractivity contribution in [1.82, 2.24) is 5.32 Å². The van der Waals surface area contributed by atoms with E-state index in [1.165, 1.54) is 6.92 Å². The molecule has 1 aliphatic heterocycles. The normalized spacial score (nSPS) is 16.4. The van der Waals surface area contributed by atoms with Crippen LogP contribution in [0.4, 0.5) is 5.69 Å². The first-order chi connectivity index (χ1) is 11.0. The van der Waals surface area contributed by atoms with Gasteiger partial charge in [-0.05, 0) is 30.5 Å². The minimum absolute atomic E-state index is 0.0727. The van der Waals surface area contributed by atoms with E-state index >= 15 is 0 Å². The Balaban J connectivity index is 2.07. The Morgan fingerprint density at radius 3 is 2.39 bits per heavy atom. The molecule has 1 aliphatic rings. The SMILES string of the molecule is CC(=O)NC1C(=O)N(Cc2ccccc2)c2c(C)ccc(C)c21. The molecule has 1 N–H and O–H groups in total. The van der Waals surface area contributed by atoms with Crippen molar-refractivity contribution in [3.05, 3.63) is 64.7 Å². The lowest BCUT2D eigenvalue weighted by molar-refractivity contribution is -0.126. The van der Waals surface area contributed by atoms with Crippen LogP contribution in [0.2, 0.25) is 0 Å². The average Bonchev–Trinajstić information content (AvgIpc) is 2.78. The van der Waals surface area contributed by atoms with Crippen LogP contribution < -0.4 is 10.2 Å². The van der Waals surface area contributed by atoms with Crippen molar-refractivity contribution in [2.45, 2.75) is 33.4 Å². The fourth-order valence-electron chi connectivity index (χ4n) is 3.19. The fourth-order valence-corrected chi connectivity index (χ4v) is 3.19. The second kappa shape index (κ2) is 5.88. The van der Waals surface area contributed by atoms with E-state index in [1.54, 1.807) is 4.90 Å². The van der Waals surface area contributed by atoms with Crippen LogP contribution in [0.25, 0.3) is 0 Å². The zero-order chi connectivity index (χ0) is 16.6. The van der Waals surface area contributed by atoms with Gasteiger partial charge in [-0.1, -0.05) is 42.5 Å². The summed E-state index contributed by atoms with van der Waals surface area (Å²) in [6.07, 6.45) is 0. The quantitative estimate of drug-likeness (QED) is 0.947. The molecule has 1 atom stereocenters. The molecule has 0 bridgehead atoms. The summed E-state index contributed by atoms with van der Waals surface area (Å²) in [5, 5.41) is 2.80. The second-order valence-corrected chi connectivity index (χ2v) is 6.01. The highest BCUT2D eigenvalue weighted by Crippen LogP contribution is 2.41. The number of hydrogen-bond donors (Lipinski definition) is 1. The van der Waals surface area contributed by atoms with Crippen molar-refractivity contribution < 1.29 is 9.59 Å². The summed E-state index contributed by atoms with van der Waals surface area (Å²) in [7, 11) is 0. The van der Waals surface area contributed by atoms with Crippen molar-refractivity contribution in [2.75, 3.05) is 4.90 Å². The van der Waals surface area contributed by atoms with E-state index in [-0.39, 0.29) is 11.8 Å². The first-order valence-corrected chi connectivity index (χ1v) is 7.71. The van der Waals surface area contributed by atoms with Gasteiger partial charge in [0.05, 0.1) is 12.2 Å². The molecule has 0 radical (unpaired) electrons. The van der Waals surface area contributed by atoms with Gasteiger partial charge in [0.1, 0.15) is 6.04 Å². The van der Waals surface area contributed by atoms with Gasteiger partial charge < -0.3 is 10.2 Å². The Bertz CT molecular complexity index is 768. The van der Waals surface area contributed by atoms with Crippen LogP contribution >= 0.6 is 0 Å². The topological polar surface area (TPSA) is 49.4 Å². The van der Waals surface area contributed by atoms with Crippen LogP contribution in [0.5, 0.6) is 0 Å². The molecule has 0 saturated carbocycles. The van der Waals surface area contributed by atoms with Gasteiger partial charge in [-0.2, -0.15) is 0 Å². The highest BCUT2D eigenvalue weighted by atomic mass is 16.2. The van der Waals surface area contributed by atoms with Crippen LogP contribution in [0.3, 0.4) is 0 Å². The summed E-state index contributed by atoms with van der Waals surface area (Å²) >= 11 is 0. The maximum atomic E-state index is 12.9. The first-order valence-electron chi connectivity index (χ1n) is 7.71. The van der Waals surface area contributed by atoms with Gasteiger partial charge in [-0.25, -0.2) is 0 Å². The fraction of sp³-hybridized carbons (Fsp3) is 0.263. The number of carbonyl (C=O) groups excluding carboxylic acids is 2. The van der Waals surface area contributed by atoms with E-state index in [2.05, 4.69) is 5.32 Å². The smallest absolute Gasteiger partial charge is 0.254 e. The summed E-state index contributed by atoms with van der Waals surface area (Å²) in [4.78, 5) is 26.2. The number of rotatable bonds is 3. The van der Waals surface area contributed by atoms with Gasteiger partial charge in [-0.3, -0.25) is 9.59 Å². The van der Waals surface area contributed by atoms with Crippen LogP contribution in [0, 0.1) is 13.8 Å². The molecule has 2 aromatic carbocycles. The van der Waals surface area contributed by atoms with E-state index in [4.69, 9.17) is 0 Å². The minimum Gasteiger partial charge on any atom is -0.341 e. The lowest BCUT2D eigenvalue weighted by Gasteiger charge is -2.20. The van der Waals surface area contributed by atoms with Crippen LogP contribution in [-0.2, 0) is 16.1 Å². The first kappa shape index (κ1) is 15.3. The number of benzene rings is 2. The third-order valence-electron chi connectivity index (χ3n) is 4.24. The van der Waals surface area contributed by atoms with Gasteiger partial charge in [0.15, 0.2) is 0 Å². The standard InChI is InChI=1S/C19H20N2O2/c1-12-9-10-13(2)18-16(12)17(20-14(3)22)19(23)21(18)11-15-7-5-4-6-8-15/h4-10,17H,11H2,1-3H3,(H,20,22). The monoisotopic (exact) mass is 308 g/mol. The molecule has 1 heterocycles. The molecule has 3 rings (SSSR count). The van der Waals surface area contributed by atoms with Crippen molar-refractivity contribution in [2.24, 2.45) is 0 Å². The summed E-state index contributed by atoms with van der Waals surface area (Å²) < 4.78 is 0. The molecule has 4 nitrogen and oxygen atoms in total. The summed E-state index contributed by atoms with van der Waals surface area (Å²) in [5.41, 5.74) is 4.98. The number of fused-ring (bicyclic) bond motifs is 1. The molecule has 2 aromatic rings. The molecule has 0 aliphatic carbocycles. The summed E-state index contributed by atoms with van der Waals surface area (Å²) in [6, 6.07) is 13.3. The highest BCUT2D eigenvalue weighted by Gasteiger charge is 2.39. The Hall–Kier alpha value is -2.62. The Labute approximate surface area is 136 Å². The molecule has 118 valence electrons. The third kappa shape index (κ3) is 2.72. The molecule has 0 saturated heterocycles. The van der Waals surface area contributed by atoms with Crippen molar-refractivity contribution in [3.63, 3.8) is 0 Å². The molecule has 0 fully saturated rings. The molecule has 0 spiro atoms. The van der Waals surface area contributed by atoms with Crippen molar-refractivity contribution in [1.29, 1.82) is 0 Å². The lowest BCUT2D eigenvalue weighted by Crippen LogP contribution is -2.36. The van der Waals surface area contributed by atoms with Gasteiger partial charge >= 0.3 is 0 Å². The third-order valence-corrected chi connectivity index (χ3v) is 4.24. The molecular formula is C19H20N2O2. The second-order valence-electron chi connectivity index (χ2n) is 6.01. The molecule has 4 heteroatoms. The van der Waals surface area contributed by atoms with Crippen molar-refractivity contribution >= 4 is 17.5 Å². The van der Waals surface area contributed by atoms with Crippen LogP contribution in [0.1, 0.15) is 35.2 Å². The largest absolute Gasteiger partial charge is 0.341 e. The van der Waals surface area contributed by atoms with E-state index in [9.17, 15) is 9.59 Å². The number of aryl methyl sites for hydroxylation is 2. The van der Waals surface area contributed by atoms with Gasteiger partial charge in [0.2, 0.25) is 5.91 Å². The number of nitrogens with one attached hydrogen (secondary N) is 1. The summed E-state index contributed by atoms with van der Waals surface area (Å²) in [6.45, 7) is 5.93. The number of amides is 2. The van der Waals surface area contributed by atoms with Gasteiger partial charge in [0, 0.05) is 12.5 Å². The van der Waals surface area contributed by atoms with Gasteiger partial charge in [0.25, 0.3) is 5.91 Å². The molecular weight excluding hydrogens is 288 g/mol. The Morgan fingerprint density at radius 1 is 1.09 bits per heavy atom. The van der Waals surface area contributed by atoms with Gasteiger partial charge in [-0.15, -0.1) is 0 Å². The van der Waals surface area contributed by atoms with E-state index in [0.29, 0.717) is 6.54 Å². The number of hydrogen-bond acceptors (Lipinski definition) is 2. The average molecular weight is 308 g/mol. The van der Waals surface area contributed by atoms with Crippen LogP contribution in [-0.4, -0.2) is 11.8 Å². The molecule has 0 aromatic heterocycles. The Kier molecular flexibility index (Phi) is 3.90. The number of carbonyl (C=O) groups is 2. The number of nitrogens with zero attached hydrogens (tertiary/aromatic N) is 1. The maximum absolute atomic E-state index is 12.9. The predicted molar refractivity (Wildman–Crippen MR) is 90.1 cm³/mol. The zero-order valence-corrected chi connectivity index (χ0v) is 13.6. The molecule has 2 amide bonds. The predicted octanol–water partition coefficient (Wildman–Crippen LogP) is 3.03. The van der Waals surface area contributed by atoms with E-state index < -0.39 is 6.04 Å². The Morgan fingerprint density at radius 2 is 1.74 bits per heavy atom. The zero-order valence-electron chi connectivity index (χ0n) is 13.6. The lowest BCUT2D eigenvalue weighted by atomic mass is 9.99. The summed E-state index contributed by atoms with van der Waals surface area (Å²) in [5.74, 6) is -0.270. The molecule has 1 unspecified atom stereocenters. The highest BCUT2D eigenvalue weighted by molar-refractivity contribution is 6.07. The number of anilines is 1. The minimum atomic E-state index is -0.592. The van der Waals surface area contributed by atoms with Crippen molar-refractivity contribution in [3.8, 4) is 0 Å². The van der Waals surface area contributed by atoms with Crippen LogP contribution in [0.15, 0.2) is 42.5 Å².